The molecule has 0 radical (unpaired) electrons. The van der Waals surface area contributed by atoms with Crippen LogP contribution in [0.15, 0.2) is 36.4 Å². The first-order chi connectivity index (χ1) is 19.1. The topological polar surface area (TPSA) is 47.1 Å². The number of thiophene rings is 1. The highest BCUT2D eigenvalue weighted by Gasteiger charge is 2.28. The Morgan fingerprint density at radius 2 is 1.57 bits per heavy atom. The molecule has 3 unspecified atom stereocenters. The number of likely N-dealkylation sites (tertiary alicyclic amines) is 2. The van der Waals surface area contributed by atoms with Gasteiger partial charge < -0.3 is 14.7 Å². The number of hydrogen-bond acceptors (Lipinski definition) is 5. The summed E-state index contributed by atoms with van der Waals surface area (Å²) in [6, 6.07) is 14.8. The molecule has 2 amide bonds. The predicted octanol–water partition coefficient (Wildman–Crippen LogP) is 6.28. The fourth-order valence-electron chi connectivity index (χ4n) is 4.82. The van der Waals surface area contributed by atoms with Crippen molar-refractivity contribution in [2.45, 2.75) is 85.9 Å². The molecule has 4 rings (SSSR count). The minimum absolute atomic E-state index is 0.447. The lowest BCUT2D eigenvalue weighted by molar-refractivity contribution is -0.118. The zero-order valence-corrected chi connectivity index (χ0v) is 27.7. The van der Waals surface area contributed by atoms with Gasteiger partial charge in [-0.15, -0.1) is 11.3 Å². The van der Waals surface area contributed by atoms with Crippen LogP contribution in [-0.2, 0) is 16.0 Å². The SMILES string of the molecule is CC.CC(C)C(C)N(C)C1CCN(C=O)C1.CCc1ccc(-c2ccc(C)s2)cc1.CN1CCC(N(C)C=O)C1. The Balaban J connectivity index is 0.000000295. The van der Waals surface area contributed by atoms with E-state index in [1.54, 1.807) is 4.90 Å². The summed E-state index contributed by atoms with van der Waals surface area (Å²) in [5.41, 5.74) is 2.74. The first-order valence-corrected chi connectivity index (χ1v) is 15.8. The minimum Gasteiger partial charge on any atom is -0.344 e. The average molecular weight is 573 g/mol. The predicted molar refractivity (Wildman–Crippen MR) is 173 cm³/mol. The maximum absolute atomic E-state index is 10.6. The summed E-state index contributed by atoms with van der Waals surface area (Å²) >= 11 is 1.85. The van der Waals surface area contributed by atoms with Gasteiger partial charge in [-0.2, -0.15) is 0 Å². The van der Waals surface area contributed by atoms with Gasteiger partial charge in [0.2, 0.25) is 12.8 Å². The summed E-state index contributed by atoms with van der Waals surface area (Å²) in [4.78, 5) is 31.9. The van der Waals surface area contributed by atoms with Crippen LogP contribution in [0.5, 0.6) is 0 Å². The van der Waals surface area contributed by atoms with E-state index in [0.717, 1.165) is 58.3 Å². The van der Waals surface area contributed by atoms with Gasteiger partial charge in [-0.3, -0.25) is 14.5 Å². The smallest absolute Gasteiger partial charge is 0.209 e. The van der Waals surface area contributed by atoms with Gasteiger partial charge in [0.25, 0.3) is 0 Å². The summed E-state index contributed by atoms with van der Waals surface area (Å²) in [6.07, 6.45) is 5.22. The normalized spacial score (nSPS) is 19.1. The van der Waals surface area contributed by atoms with E-state index in [0.29, 0.717) is 24.0 Å². The number of likely N-dealkylation sites (N-methyl/N-ethyl adjacent to an activating group) is 3. The van der Waals surface area contributed by atoms with Crippen LogP contribution in [0.4, 0.5) is 0 Å². The molecule has 2 saturated heterocycles. The second kappa shape index (κ2) is 19.0. The molecule has 0 saturated carbocycles. The molecule has 0 aliphatic carbocycles. The number of benzene rings is 1. The maximum atomic E-state index is 10.6. The Bertz CT molecular complexity index is 962. The number of amides is 2. The van der Waals surface area contributed by atoms with Gasteiger partial charge in [0.05, 0.1) is 0 Å². The summed E-state index contributed by atoms with van der Waals surface area (Å²) in [5, 5.41) is 0. The maximum Gasteiger partial charge on any atom is 0.209 e. The third kappa shape index (κ3) is 11.7. The molecule has 0 bridgehead atoms. The lowest BCUT2D eigenvalue weighted by Gasteiger charge is -2.32. The first-order valence-electron chi connectivity index (χ1n) is 15.0. The Hall–Kier alpha value is -2.22. The van der Waals surface area contributed by atoms with E-state index in [1.165, 1.54) is 20.9 Å². The van der Waals surface area contributed by atoms with E-state index < -0.39 is 0 Å². The van der Waals surface area contributed by atoms with Crippen molar-refractivity contribution < 1.29 is 9.59 Å². The molecule has 3 heterocycles. The van der Waals surface area contributed by atoms with Crippen LogP contribution in [0, 0.1) is 12.8 Å². The summed E-state index contributed by atoms with van der Waals surface area (Å²) in [5.74, 6) is 0.672. The van der Waals surface area contributed by atoms with Gasteiger partial charge >= 0.3 is 0 Å². The second-order valence-electron chi connectivity index (χ2n) is 11.1. The van der Waals surface area contributed by atoms with Crippen molar-refractivity contribution in [3.05, 3.63) is 46.8 Å². The molecule has 3 atom stereocenters. The first kappa shape index (κ1) is 35.8. The van der Waals surface area contributed by atoms with E-state index in [4.69, 9.17) is 0 Å². The summed E-state index contributed by atoms with van der Waals surface area (Å²) in [7, 11) is 6.10. The zero-order valence-electron chi connectivity index (χ0n) is 26.9. The molecular formula is C33H56N4O2S. The van der Waals surface area contributed by atoms with Gasteiger partial charge in [-0.1, -0.05) is 58.9 Å². The summed E-state index contributed by atoms with van der Waals surface area (Å²) in [6.45, 7) is 19.0. The molecule has 2 aliphatic heterocycles. The van der Waals surface area contributed by atoms with E-state index in [2.05, 4.69) is 94.9 Å². The number of aryl methyl sites for hydroxylation is 2. The number of carbonyl (C=O) groups excluding carboxylic acids is 2. The van der Waals surface area contributed by atoms with Crippen LogP contribution in [-0.4, -0.2) is 97.9 Å². The molecule has 2 aliphatic rings. The number of carbonyl (C=O) groups is 2. The van der Waals surface area contributed by atoms with Crippen molar-refractivity contribution in [1.82, 2.24) is 19.6 Å². The van der Waals surface area contributed by atoms with Crippen molar-refractivity contribution in [2.75, 3.05) is 47.3 Å². The van der Waals surface area contributed by atoms with Crippen LogP contribution in [0.25, 0.3) is 10.4 Å². The Morgan fingerprint density at radius 1 is 0.950 bits per heavy atom. The second-order valence-corrected chi connectivity index (χ2v) is 12.4. The van der Waals surface area contributed by atoms with Crippen LogP contribution in [0.2, 0.25) is 0 Å². The van der Waals surface area contributed by atoms with E-state index in [-0.39, 0.29) is 0 Å². The molecule has 1 aromatic carbocycles. The van der Waals surface area contributed by atoms with Crippen LogP contribution in [0.3, 0.4) is 0 Å². The molecule has 7 heteroatoms. The molecule has 2 fully saturated rings. The van der Waals surface area contributed by atoms with Gasteiger partial charge in [-0.05, 0) is 82.9 Å². The minimum atomic E-state index is 0.447. The number of rotatable bonds is 8. The lowest BCUT2D eigenvalue weighted by Crippen LogP contribution is -2.42. The molecule has 0 spiro atoms. The molecule has 226 valence electrons. The fourth-order valence-corrected chi connectivity index (χ4v) is 5.70. The monoisotopic (exact) mass is 572 g/mol. The molecule has 1 aromatic heterocycles. The molecule has 0 N–H and O–H groups in total. The van der Waals surface area contributed by atoms with E-state index >= 15 is 0 Å². The van der Waals surface area contributed by atoms with Crippen molar-refractivity contribution >= 4 is 24.2 Å². The van der Waals surface area contributed by atoms with E-state index in [9.17, 15) is 9.59 Å². The average Bonchev–Trinajstić information content (AvgIpc) is 3.75. The van der Waals surface area contributed by atoms with Gasteiger partial charge in [0.1, 0.15) is 0 Å². The van der Waals surface area contributed by atoms with Crippen molar-refractivity contribution in [3.63, 3.8) is 0 Å². The fraction of sp³-hybridized carbons (Fsp3) is 0.636. The highest BCUT2D eigenvalue weighted by atomic mass is 32.1. The number of hydrogen-bond donors (Lipinski definition) is 0. The Morgan fingerprint density at radius 3 is 2.00 bits per heavy atom. The third-order valence-corrected chi connectivity index (χ3v) is 9.07. The number of nitrogens with zero attached hydrogens (tertiary/aromatic N) is 4. The van der Waals surface area contributed by atoms with Crippen molar-refractivity contribution in [3.8, 4) is 10.4 Å². The molecule has 2 aromatic rings. The van der Waals surface area contributed by atoms with Gasteiger partial charge in [0.15, 0.2) is 0 Å². The molecular weight excluding hydrogens is 516 g/mol. The lowest BCUT2D eigenvalue weighted by atomic mass is 10.0. The summed E-state index contributed by atoms with van der Waals surface area (Å²) < 4.78 is 0. The van der Waals surface area contributed by atoms with Gasteiger partial charge in [-0.25, -0.2) is 0 Å². The van der Waals surface area contributed by atoms with Gasteiger partial charge in [0, 0.05) is 54.6 Å². The Kier molecular flexibility index (Phi) is 17.0. The van der Waals surface area contributed by atoms with Crippen LogP contribution < -0.4 is 0 Å². The third-order valence-electron chi connectivity index (χ3n) is 8.02. The largest absolute Gasteiger partial charge is 0.344 e. The Labute approximate surface area is 249 Å². The standard InChI is InChI=1S/C13H14S.C11H22N2O.C7H14N2O.C2H6/c1-3-11-5-7-12(8-6-11)13-9-4-10(2)14-13;1-9(2)10(3)12(4)11-5-6-13(7-11)8-14;1-8-4-3-7(5-8)9(2)6-10;1-2/h4-9H,3H2,1-2H3;8-11H,5-7H2,1-4H3;6-7H,3-5H2,1-2H3;1-2H3. The zero-order chi connectivity index (χ0) is 30.2. The molecule has 40 heavy (non-hydrogen) atoms. The van der Waals surface area contributed by atoms with Crippen molar-refractivity contribution in [1.29, 1.82) is 0 Å². The highest BCUT2D eigenvalue weighted by molar-refractivity contribution is 7.15. The van der Waals surface area contributed by atoms with E-state index in [1.807, 2.05) is 37.1 Å². The molecule has 6 nitrogen and oxygen atoms in total. The quantitative estimate of drug-likeness (QED) is 0.349. The highest BCUT2D eigenvalue weighted by Crippen LogP contribution is 2.27. The van der Waals surface area contributed by atoms with Crippen LogP contribution in [0.1, 0.15) is 64.8 Å². The van der Waals surface area contributed by atoms with Crippen LogP contribution >= 0.6 is 11.3 Å². The van der Waals surface area contributed by atoms with Crippen molar-refractivity contribution in [2.24, 2.45) is 5.92 Å².